The normalized spacial score (nSPS) is 12.0. The van der Waals surface area contributed by atoms with E-state index in [4.69, 9.17) is 39.4 Å². The average Bonchev–Trinajstić information content (AvgIpc) is 2.83. The van der Waals surface area contributed by atoms with Crippen molar-refractivity contribution in [2.24, 2.45) is 15.9 Å². The molecule has 12 heteroatoms. The average molecular weight is 479 g/mol. The molecule has 0 unspecified atom stereocenters. The Hall–Kier alpha value is -1.67. The minimum absolute atomic E-state index is 0.311. The van der Waals surface area contributed by atoms with E-state index in [2.05, 4.69) is 22.3 Å². The zero-order valence-corrected chi connectivity index (χ0v) is 19.9. The zero-order chi connectivity index (χ0) is 24.2. The smallest absolute Gasteiger partial charge is 0.245 e. The minimum Gasteiger partial charge on any atom is -0.387 e. The summed E-state index contributed by atoms with van der Waals surface area (Å²) in [7, 11) is 0. The Bertz CT molecular complexity index is 495. The summed E-state index contributed by atoms with van der Waals surface area (Å²) in [6, 6.07) is 0. The lowest BCUT2D eigenvalue weighted by Gasteiger charge is -2.08. The second-order valence-corrected chi connectivity index (χ2v) is 6.63. The van der Waals surface area contributed by atoms with Gasteiger partial charge in [0.05, 0.1) is 79.3 Å². The van der Waals surface area contributed by atoms with E-state index in [0.29, 0.717) is 91.5 Å². The number of carbonyl (C=O) groups is 1. The van der Waals surface area contributed by atoms with Crippen LogP contribution in [0.15, 0.2) is 10.1 Å². The topological polar surface area (TPSA) is 155 Å². The third kappa shape index (κ3) is 24.8. The summed E-state index contributed by atoms with van der Waals surface area (Å²) in [5.74, 6) is 4.89. The number of amides is 1. The molecule has 1 amide bonds. The van der Waals surface area contributed by atoms with Crippen molar-refractivity contribution in [2.75, 3.05) is 99.0 Å². The second-order valence-electron chi connectivity index (χ2n) is 6.63. The molecule has 0 aliphatic carbocycles. The molecule has 12 nitrogen and oxygen atoms in total. The highest BCUT2D eigenvalue weighted by Gasteiger charge is 1.98. The van der Waals surface area contributed by atoms with E-state index in [1.165, 1.54) is 0 Å². The molecule has 0 aliphatic heterocycles. The summed E-state index contributed by atoms with van der Waals surface area (Å²) in [6.45, 7) is 8.06. The van der Waals surface area contributed by atoms with Gasteiger partial charge in [0, 0.05) is 19.3 Å². The monoisotopic (exact) mass is 478 g/mol. The van der Waals surface area contributed by atoms with Crippen molar-refractivity contribution < 1.29 is 38.3 Å². The minimum atomic E-state index is -0.513. The number of hydrogen-bond donors (Lipinski definition) is 3. The van der Waals surface area contributed by atoms with E-state index in [-0.39, 0.29) is 0 Å². The van der Waals surface area contributed by atoms with Gasteiger partial charge in [0.15, 0.2) is 0 Å². The van der Waals surface area contributed by atoms with Crippen molar-refractivity contribution in [1.29, 1.82) is 0 Å². The molecular weight excluding hydrogens is 436 g/mol. The second kappa shape index (κ2) is 26.6. The number of aliphatic hydroxyl groups excluding tert-OH is 1. The first-order valence-electron chi connectivity index (χ1n) is 11.3. The molecule has 0 aromatic heterocycles. The molecule has 33 heavy (non-hydrogen) atoms. The van der Waals surface area contributed by atoms with Crippen LogP contribution in [0.4, 0.5) is 0 Å². The van der Waals surface area contributed by atoms with Crippen LogP contribution in [0.25, 0.3) is 0 Å². The van der Waals surface area contributed by atoms with Gasteiger partial charge in [-0.1, -0.05) is 13.3 Å². The summed E-state index contributed by atoms with van der Waals surface area (Å²) in [6.07, 6.45) is 3.79. The summed E-state index contributed by atoms with van der Waals surface area (Å²) < 4.78 is 32.3. The number of unbranched alkanes of at least 4 members (excludes halogenated alkanes) is 1. The van der Waals surface area contributed by atoms with Gasteiger partial charge < -0.3 is 44.7 Å². The van der Waals surface area contributed by atoms with Crippen LogP contribution in [0.2, 0.25) is 0 Å². The molecule has 0 radical (unpaired) electrons. The number of rotatable bonds is 25. The highest BCUT2D eigenvalue weighted by atomic mass is 16.6. The molecule has 0 fully saturated rings. The lowest BCUT2D eigenvalue weighted by atomic mass is 10.3. The SMILES string of the molecule is CCCCN=C/C(COCCOCCOCCOCCOCCOCCNC(=O)CO)=N\N. The molecule has 0 atom stereocenters. The largest absolute Gasteiger partial charge is 0.387 e. The van der Waals surface area contributed by atoms with E-state index in [9.17, 15) is 4.79 Å². The van der Waals surface area contributed by atoms with Gasteiger partial charge in [-0.25, -0.2) is 0 Å². The summed E-state index contributed by atoms with van der Waals surface area (Å²) in [5.41, 5.74) is 0.606. The van der Waals surface area contributed by atoms with Crippen LogP contribution in [-0.2, 0) is 33.2 Å². The fraction of sp³-hybridized carbons (Fsp3) is 0.857. The van der Waals surface area contributed by atoms with E-state index in [1.807, 2.05) is 0 Å². The lowest BCUT2D eigenvalue weighted by molar-refractivity contribution is -0.124. The van der Waals surface area contributed by atoms with Crippen LogP contribution in [-0.4, -0.2) is 122 Å². The quantitative estimate of drug-likeness (QED) is 0.0673. The Morgan fingerprint density at radius 3 is 1.79 bits per heavy atom. The van der Waals surface area contributed by atoms with Gasteiger partial charge in [0.2, 0.25) is 5.91 Å². The summed E-state index contributed by atoms with van der Waals surface area (Å²) in [4.78, 5) is 15.0. The first-order chi connectivity index (χ1) is 16.2. The maximum atomic E-state index is 10.8. The molecule has 4 N–H and O–H groups in total. The number of hydrogen-bond acceptors (Lipinski definition) is 11. The Kier molecular flexibility index (Phi) is 25.2. The molecule has 0 spiro atoms. The van der Waals surface area contributed by atoms with Crippen molar-refractivity contribution in [1.82, 2.24) is 5.32 Å². The predicted molar refractivity (Wildman–Crippen MR) is 125 cm³/mol. The highest BCUT2D eigenvalue weighted by Crippen LogP contribution is 1.88. The first kappa shape index (κ1) is 31.3. The molecule has 0 saturated carbocycles. The van der Waals surface area contributed by atoms with E-state index < -0.39 is 12.5 Å². The van der Waals surface area contributed by atoms with Crippen LogP contribution in [0.1, 0.15) is 19.8 Å². The van der Waals surface area contributed by atoms with Gasteiger partial charge in [-0.2, -0.15) is 5.10 Å². The van der Waals surface area contributed by atoms with Crippen LogP contribution >= 0.6 is 0 Å². The van der Waals surface area contributed by atoms with Crippen molar-refractivity contribution >= 4 is 17.8 Å². The number of hydrazone groups is 1. The third-order valence-corrected chi connectivity index (χ3v) is 3.87. The van der Waals surface area contributed by atoms with Gasteiger partial charge in [0.1, 0.15) is 12.3 Å². The molecule has 0 aromatic rings. The molecular formula is C21H42N4O8. The Morgan fingerprint density at radius 2 is 1.33 bits per heavy atom. The van der Waals surface area contributed by atoms with E-state index in [1.54, 1.807) is 6.21 Å². The van der Waals surface area contributed by atoms with Gasteiger partial charge >= 0.3 is 0 Å². The van der Waals surface area contributed by atoms with Crippen LogP contribution < -0.4 is 11.2 Å². The van der Waals surface area contributed by atoms with Gasteiger partial charge in [-0.15, -0.1) is 0 Å². The number of aliphatic imine (C=N–C) groups is 1. The standard InChI is InChI=1S/C21H42N4O8/c1-2-3-4-23-17-20(25-22)19-33-16-15-32-14-13-31-12-11-30-10-9-29-8-7-28-6-5-24-21(27)18-26/h17,26H,2-16,18-19,22H2,1H3,(H,24,27)/b23-17?,25-20+. The summed E-state index contributed by atoms with van der Waals surface area (Å²) in [5, 5.41) is 14.7. The first-order valence-corrected chi connectivity index (χ1v) is 11.3. The number of nitrogens with two attached hydrogens (primary N) is 1. The lowest BCUT2D eigenvalue weighted by Crippen LogP contribution is -2.29. The van der Waals surface area contributed by atoms with Crippen molar-refractivity contribution in [2.45, 2.75) is 19.8 Å². The third-order valence-electron chi connectivity index (χ3n) is 3.87. The zero-order valence-electron chi connectivity index (χ0n) is 19.9. The molecule has 0 rings (SSSR count). The molecule has 0 aliphatic rings. The molecule has 0 bridgehead atoms. The summed E-state index contributed by atoms with van der Waals surface area (Å²) >= 11 is 0. The highest BCUT2D eigenvalue weighted by molar-refractivity contribution is 6.31. The van der Waals surface area contributed by atoms with Crippen molar-refractivity contribution in [3.8, 4) is 0 Å². The number of ether oxygens (including phenoxy) is 6. The Labute approximate surface area is 196 Å². The molecule has 0 heterocycles. The van der Waals surface area contributed by atoms with E-state index >= 15 is 0 Å². The maximum Gasteiger partial charge on any atom is 0.245 e. The van der Waals surface area contributed by atoms with Gasteiger partial charge in [0.25, 0.3) is 0 Å². The number of nitrogens with zero attached hydrogens (tertiary/aromatic N) is 2. The number of nitrogens with one attached hydrogen (secondary N) is 1. The number of aliphatic hydroxyl groups is 1. The van der Waals surface area contributed by atoms with Crippen LogP contribution in [0.5, 0.6) is 0 Å². The molecule has 0 saturated heterocycles. The predicted octanol–water partition coefficient (Wildman–Crippen LogP) is -0.620. The maximum absolute atomic E-state index is 10.8. The van der Waals surface area contributed by atoms with E-state index in [0.717, 1.165) is 19.4 Å². The number of carbonyl (C=O) groups excluding carboxylic acids is 1. The molecule has 194 valence electrons. The van der Waals surface area contributed by atoms with Gasteiger partial charge in [-0.3, -0.25) is 9.79 Å². The Morgan fingerprint density at radius 1 is 0.848 bits per heavy atom. The molecule has 0 aromatic carbocycles. The van der Waals surface area contributed by atoms with Crippen LogP contribution in [0, 0.1) is 0 Å². The Balaban J connectivity index is 3.22. The fourth-order valence-electron chi connectivity index (χ4n) is 2.12. The van der Waals surface area contributed by atoms with Crippen LogP contribution in [0.3, 0.4) is 0 Å². The van der Waals surface area contributed by atoms with Crippen molar-refractivity contribution in [3.05, 3.63) is 0 Å². The van der Waals surface area contributed by atoms with Gasteiger partial charge in [-0.05, 0) is 6.42 Å². The fourth-order valence-corrected chi connectivity index (χ4v) is 2.12. The van der Waals surface area contributed by atoms with Crippen molar-refractivity contribution in [3.63, 3.8) is 0 Å².